The van der Waals surface area contributed by atoms with E-state index in [1.165, 1.54) is 0 Å². The minimum absolute atomic E-state index is 0.00407. The summed E-state index contributed by atoms with van der Waals surface area (Å²) in [7, 11) is 0. The molecule has 3 unspecified atom stereocenters. The standard InChI is InChI=1S/C32H62O13/c1-10-19-21-23-37-27(30(38-12-3,39-13-4)40-14-5)29(28(35)36,25-26(33)34)31(41-15-6,45-24-22-20-11-2)32(42-16-7,43-17-8)44-18-9/h27H,10-25H2,1-9H3,(H,33,34)(H,35,36). The zero-order chi connectivity index (χ0) is 34.4. The lowest BCUT2D eigenvalue weighted by molar-refractivity contribution is -0.532. The molecule has 0 bridgehead atoms. The van der Waals surface area contributed by atoms with Gasteiger partial charge in [-0.2, -0.15) is 0 Å². The van der Waals surface area contributed by atoms with Crippen molar-refractivity contribution in [2.45, 2.75) is 131 Å². The first kappa shape index (κ1) is 43.6. The molecule has 0 aliphatic heterocycles. The Morgan fingerprint density at radius 1 is 0.556 bits per heavy atom. The van der Waals surface area contributed by atoms with E-state index in [0.29, 0.717) is 12.8 Å². The molecule has 0 aliphatic carbocycles. The quantitative estimate of drug-likeness (QED) is 0.0706. The van der Waals surface area contributed by atoms with Crippen LogP contribution in [0.1, 0.15) is 107 Å². The molecule has 2 N–H and O–H groups in total. The van der Waals surface area contributed by atoms with Gasteiger partial charge in [-0.05, 0) is 61.3 Å². The molecule has 13 nitrogen and oxygen atoms in total. The van der Waals surface area contributed by atoms with Gasteiger partial charge < -0.3 is 52.8 Å². The predicted molar refractivity (Wildman–Crippen MR) is 167 cm³/mol. The Kier molecular flexibility index (Phi) is 22.3. The molecule has 0 fully saturated rings. The van der Waals surface area contributed by atoms with Gasteiger partial charge in [0.1, 0.15) is 0 Å². The zero-order valence-electron chi connectivity index (χ0n) is 29.3. The number of aliphatic carboxylic acids is 2. The first-order valence-corrected chi connectivity index (χ1v) is 16.7. The fourth-order valence-corrected chi connectivity index (χ4v) is 5.50. The van der Waals surface area contributed by atoms with Gasteiger partial charge in [-0.25, -0.2) is 0 Å². The minimum atomic E-state index is -2.73. The van der Waals surface area contributed by atoms with Crippen molar-refractivity contribution in [3.63, 3.8) is 0 Å². The molecule has 0 aromatic rings. The molecular weight excluding hydrogens is 592 g/mol. The molecule has 45 heavy (non-hydrogen) atoms. The number of ether oxygens (including phenoxy) is 9. The van der Waals surface area contributed by atoms with Gasteiger partial charge in [0.2, 0.25) is 0 Å². The van der Waals surface area contributed by atoms with Crippen LogP contribution in [0.2, 0.25) is 0 Å². The van der Waals surface area contributed by atoms with Crippen molar-refractivity contribution in [3.05, 3.63) is 0 Å². The Labute approximate surface area is 270 Å². The predicted octanol–water partition coefficient (Wildman–Crippen LogP) is 5.57. The van der Waals surface area contributed by atoms with Crippen molar-refractivity contribution in [3.8, 4) is 0 Å². The van der Waals surface area contributed by atoms with Gasteiger partial charge in [0, 0.05) is 52.9 Å². The molecule has 0 rings (SSSR count). The van der Waals surface area contributed by atoms with Crippen LogP contribution >= 0.6 is 0 Å². The third-order valence-corrected chi connectivity index (χ3v) is 7.04. The van der Waals surface area contributed by atoms with Crippen LogP contribution in [0.25, 0.3) is 0 Å². The molecule has 0 spiro atoms. The molecule has 0 saturated carbocycles. The summed E-state index contributed by atoms with van der Waals surface area (Å²) in [6.07, 6.45) is 1.31. The molecule has 0 amide bonds. The number of hydrogen-bond donors (Lipinski definition) is 2. The summed E-state index contributed by atoms with van der Waals surface area (Å²) in [5.41, 5.74) is -2.73. The summed E-state index contributed by atoms with van der Waals surface area (Å²) < 4.78 is 56.3. The maximum atomic E-state index is 14.2. The number of rotatable bonds is 31. The van der Waals surface area contributed by atoms with Crippen molar-refractivity contribution >= 4 is 11.9 Å². The third kappa shape index (κ3) is 10.8. The Morgan fingerprint density at radius 3 is 1.33 bits per heavy atom. The van der Waals surface area contributed by atoms with Crippen LogP contribution < -0.4 is 0 Å². The normalized spacial score (nSPS) is 15.8. The van der Waals surface area contributed by atoms with E-state index in [4.69, 9.17) is 42.6 Å². The highest BCUT2D eigenvalue weighted by Gasteiger charge is 2.80. The van der Waals surface area contributed by atoms with Gasteiger partial charge in [0.05, 0.1) is 13.0 Å². The SMILES string of the molecule is CCCCCOC(C(OCC)(OCC)OCC)C(CC(=O)O)(C(=O)O)C(OCC)(OCCCCC)C(OCC)(OCC)OCC. The van der Waals surface area contributed by atoms with Crippen molar-refractivity contribution in [2.75, 3.05) is 59.5 Å². The van der Waals surface area contributed by atoms with Crippen LogP contribution in [0.3, 0.4) is 0 Å². The molecule has 13 heteroatoms. The van der Waals surface area contributed by atoms with E-state index in [2.05, 4.69) is 0 Å². The fraction of sp³-hybridized carbons (Fsp3) is 0.938. The van der Waals surface area contributed by atoms with Gasteiger partial charge >= 0.3 is 23.9 Å². The van der Waals surface area contributed by atoms with Crippen LogP contribution in [0.5, 0.6) is 0 Å². The number of hydrogen-bond acceptors (Lipinski definition) is 11. The second-order valence-corrected chi connectivity index (χ2v) is 10.2. The fourth-order valence-electron chi connectivity index (χ4n) is 5.50. The Bertz CT molecular complexity index is 761. The summed E-state index contributed by atoms with van der Waals surface area (Å²) in [5.74, 6) is -10.4. The topological polar surface area (TPSA) is 158 Å². The van der Waals surface area contributed by atoms with Crippen LogP contribution in [0.15, 0.2) is 0 Å². The molecule has 0 heterocycles. The third-order valence-electron chi connectivity index (χ3n) is 7.04. The van der Waals surface area contributed by atoms with Crippen molar-refractivity contribution in [2.24, 2.45) is 5.41 Å². The maximum absolute atomic E-state index is 14.2. The highest BCUT2D eigenvalue weighted by molar-refractivity contribution is 5.84. The second kappa shape index (κ2) is 23.0. The monoisotopic (exact) mass is 654 g/mol. The van der Waals surface area contributed by atoms with Crippen LogP contribution in [0, 0.1) is 5.41 Å². The average Bonchev–Trinajstić information content (AvgIpc) is 2.98. The number of carboxylic acids is 2. The second-order valence-electron chi connectivity index (χ2n) is 10.2. The summed E-state index contributed by atoms with van der Waals surface area (Å²) in [5, 5.41) is 22.0. The molecule has 0 saturated heterocycles. The average molecular weight is 655 g/mol. The Morgan fingerprint density at radius 2 is 0.978 bits per heavy atom. The largest absolute Gasteiger partial charge is 0.481 e. The lowest BCUT2D eigenvalue weighted by atomic mass is 9.68. The van der Waals surface area contributed by atoms with Crippen LogP contribution in [-0.4, -0.2) is 105 Å². The minimum Gasteiger partial charge on any atom is -0.481 e. The highest BCUT2D eigenvalue weighted by Crippen LogP contribution is 2.55. The maximum Gasteiger partial charge on any atom is 0.342 e. The van der Waals surface area contributed by atoms with Gasteiger partial charge in [-0.3, -0.25) is 9.59 Å². The van der Waals surface area contributed by atoms with Crippen LogP contribution in [-0.2, 0) is 52.2 Å². The number of carboxylic acid groups (broad SMARTS) is 2. The first-order valence-electron chi connectivity index (χ1n) is 16.7. The van der Waals surface area contributed by atoms with Crippen molar-refractivity contribution < 1.29 is 62.4 Å². The first-order chi connectivity index (χ1) is 21.5. The smallest absolute Gasteiger partial charge is 0.342 e. The summed E-state index contributed by atoms with van der Waals surface area (Å²) in [4.78, 5) is 27.1. The molecular formula is C32H62O13. The summed E-state index contributed by atoms with van der Waals surface area (Å²) >= 11 is 0. The molecule has 3 atom stereocenters. The van der Waals surface area contributed by atoms with Crippen molar-refractivity contribution in [1.29, 1.82) is 0 Å². The van der Waals surface area contributed by atoms with E-state index in [1.54, 1.807) is 48.5 Å². The highest BCUT2D eigenvalue weighted by atomic mass is 16.9. The lowest BCUT2D eigenvalue weighted by Gasteiger charge is -2.57. The van der Waals surface area contributed by atoms with Gasteiger partial charge in [-0.1, -0.05) is 39.5 Å². The molecule has 0 aromatic carbocycles. The number of carbonyl (C=O) groups is 2. The molecule has 0 aliphatic rings. The van der Waals surface area contributed by atoms with Gasteiger partial charge in [-0.15, -0.1) is 0 Å². The van der Waals surface area contributed by atoms with E-state index in [0.717, 1.165) is 25.7 Å². The van der Waals surface area contributed by atoms with E-state index in [-0.39, 0.29) is 59.5 Å². The Hall–Kier alpha value is -1.42. The lowest BCUT2D eigenvalue weighted by Crippen LogP contribution is -2.78. The van der Waals surface area contributed by atoms with E-state index in [1.807, 2.05) is 13.8 Å². The van der Waals surface area contributed by atoms with E-state index in [9.17, 15) is 19.8 Å². The van der Waals surface area contributed by atoms with Crippen LogP contribution in [0.4, 0.5) is 0 Å². The molecule has 268 valence electrons. The molecule has 0 radical (unpaired) electrons. The van der Waals surface area contributed by atoms with Gasteiger partial charge in [0.25, 0.3) is 5.79 Å². The zero-order valence-corrected chi connectivity index (χ0v) is 29.3. The van der Waals surface area contributed by atoms with E-state index < -0.39 is 47.6 Å². The summed E-state index contributed by atoms with van der Waals surface area (Å²) in [6.45, 7) is 15.4. The number of unbranched alkanes of at least 4 members (excludes halogenated alkanes) is 4. The Balaban J connectivity index is 8.55. The summed E-state index contributed by atoms with van der Waals surface area (Å²) in [6, 6.07) is 0. The van der Waals surface area contributed by atoms with Gasteiger partial charge in [0.15, 0.2) is 11.5 Å². The van der Waals surface area contributed by atoms with E-state index >= 15 is 0 Å². The van der Waals surface area contributed by atoms with Crippen molar-refractivity contribution in [1.82, 2.24) is 0 Å². The molecule has 0 aromatic heterocycles.